The highest BCUT2D eigenvalue weighted by molar-refractivity contribution is 9.10. The van der Waals surface area contributed by atoms with E-state index in [-0.39, 0.29) is 5.91 Å². The summed E-state index contributed by atoms with van der Waals surface area (Å²) < 4.78 is 6.05. The number of amides is 1. The van der Waals surface area contributed by atoms with E-state index in [4.69, 9.17) is 10.5 Å². The van der Waals surface area contributed by atoms with Gasteiger partial charge in [-0.2, -0.15) is 0 Å². The lowest BCUT2D eigenvalue weighted by Gasteiger charge is -2.09. The highest BCUT2D eigenvalue weighted by Crippen LogP contribution is 2.25. The summed E-state index contributed by atoms with van der Waals surface area (Å²) in [7, 11) is 1.63. The van der Waals surface area contributed by atoms with Gasteiger partial charge in [-0.25, -0.2) is 0 Å². The summed E-state index contributed by atoms with van der Waals surface area (Å²) in [5, 5.41) is 2.77. The molecule has 0 aromatic heterocycles. The minimum Gasteiger partial charge on any atom is -0.496 e. The van der Waals surface area contributed by atoms with Crippen molar-refractivity contribution in [2.24, 2.45) is 5.73 Å². The van der Waals surface area contributed by atoms with E-state index >= 15 is 0 Å². The molecule has 1 aromatic carbocycles. The number of methoxy groups -OCH3 is 1. The molecule has 1 atom stereocenters. The van der Waals surface area contributed by atoms with Crippen molar-refractivity contribution in [2.75, 3.05) is 13.7 Å². The predicted molar refractivity (Wildman–Crippen MR) is 71.1 cm³/mol. The summed E-state index contributed by atoms with van der Waals surface area (Å²) in [6.07, 6.45) is 0.765. The molecule has 1 amide bonds. The molecule has 3 N–H and O–H groups in total. The predicted octanol–water partition coefficient (Wildman–Crippen LogP) is 1.46. The summed E-state index contributed by atoms with van der Waals surface area (Å²) >= 11 is 3.42. The molecule has 0 spiro atoms. The lowest BCUT2D eigenvalue weighted by molar-refractivity contribution is -0.121. The Kier molecular flexibility index (Phi) is 5.44. The molecule has 1 rings (SSSR count). The molecule has 0 saturated carbocycles. The molecule has 5 heteroatoms. The van der Waals surface area contributed by atoms with Crippen LogP contribution in [0.4, 0.5) is 0 Å². The molecule has 4 nitrogen and oxygen atoms in total. The van der Waals surface area contributed by atoms with Gasteiger partial charge >= 0.3 is 0 Å². The summed E-state index contributed by atoms with van der Waals surface area (Å²) in [6, 6.07) is 5.39. The first-order valence-electron chi connectivity index (χ1n) is 5.40. The van der Waals surface area contributed by atoms with Crippen molar-refractivity contribution in [1.82, 2.24) is 5.32 Å². The molecule has 94 valence electrons. The van der Waals surface area contributed by atoms with Crippen LogP contribution in [-0.4, -0.2) is 25.6 Å². The highest BCUT2D eigenvalue weighted by Gasteiger charge is 2.06. The Morgan fingerprint density at radius 3 is 2.82 bits per heavy atom. The number of hydrogen-bond donors (Lipinski definition) is 2. The Morgan fingerprint density at radius 2 is 2.29 bits per heavy atom. The maximum absolute atomic E-state index is 11.2. The van der Waals surface area contributed by atoms with Gasteiger partial charge in [-0.3, -0.25) is 4.79 Å². The largest absolute Gasteiger partial charge is 0.496 e. The molecule has 0 aliphatic heterocycles. The standard InChI is InChI=1S/C12H17BrN2O2/c1-8(14)12(16)15-6-5-9-3-4-11(17-2)10(13)7-9/h3-4,7-8H,5-6,14H2,1-2H3,(H,15,16). The number of ether oxygens (including phenoxy) is 1. The summed E-state index contributed by atoms with van der Waals surface area (Å²) in [6.45, 7) is 2.25. The number of benzene rings is 1. The Labute approximate surface area is 110 Å². The molecular formula is C12H17BrN2O2. The van der Waals surface area contributed by atoms with E-state index < -0.39 is 6.04 Å². The Hall–Kier alpha value is -1.07. The minimum atomic E-state index is -0.461. The second kappa shape index (κ2) is 6.61. The molecule has 1 unspecified atom stereocenters. The molecule has 1 aromatic rings. The number of rotatable bonds is 5. The maximum Gasteiger partial charge on any atom is 0.236 e. The Balaban J connectivity index is 2.47. The van der Waals surface area contributed by atoms with Gasteiger partial charge in [0.2, 0.25) is 5.91 Å². The average molecular weight is 301 g/mol. The molecule has 0 aliphatic rings. The number of nitrogens with one attached hydrogen (secondary N) is 1. The fourth-order valence-electron chi connectivity index (χ4n) is 1.36. The first kappa shape index (κ1) is 14.0. The van der Waals surface area contributed by atoms with Crippen LogP contribution in [-0.2, 0) is 11.2 Å². The lowest BCUT2D eigenvalue weighted by Crippen LogP contribution is -2.39. The SMILES string of the molecule is COc1ccc(CCNC(=O)C(C)N)cc1Br. The van der Waals surface area contributed by atoms with E-state index in [2.05, 4.69) is 21.2 Å². The Bertz CT molecular complexity index is 394. The van der Waals surface area contributed by atoms with Gasteiger partial charge in [0.15, 0.2) is 0 Å². The van der Waals surface area contributed by atoms with E-state index in [1.165, 1.54) is 0 Å². The van der Waals surface area contributed by atoms with Gasteiger partial charge in [-0.1, -0.05) is 6.07 Å². The molecule has 0 fully saturated rings. The quantitative estimate of drug-likeness (QED) is 0.865. The van der Waals surface area contributed by atoms with Crippen LogP contribution in [0.5, 0.6) is 5.75 Å². The van der Waals surface area contributed by atoms with E-state index in [1.54, 1.807) is 14.0 Å². The number of carbonyl (C=O) groups is 1. The van der Waals surface area contributed by atoms with Crippen LogP contribution in [0, 0.1) is 0 Å². The van der Waals surface area contributed by atoms with Crippen LogP contribution < -0.4 is 15.8 Å². The third-order valence-electron chi connectivity index (χ3n) is 2.34. The molecule has 17 heavy (non-hydrogen) atoms. The zero-order valence-electron chi connectivity index (χ0n) is 10.00. The number of hydrogen-bond acceptors (Lipinski definition) is 3. The second-order valence-electron chi connectivity index (χ2n) is 3.80. The minimum absolute atomic E-state index is 0.127. The first-order chi connectivity index (χ1) is 8.04. The Morgan fingerprint density at radius 1 is 1.59 bits per heavy atom. The van der Waals surface area contributed by atoms with Crippen molar-refractivity contribution in [3.8, 4) is 5.75 Å². The fourth-order valence-corrected chi connectivity index (χ4v) is 1.94. The van der Waals surface area contributed by atoms with Crippen LogP contribution in [0.2, 0.25) is 0 Å². The molecule has 0 aliphatic carbocycles. The van der Waals surface area contributed by atoms with Crippen LogP contribution in [0.1, 0.15) is 12.5 Å². The van der Waals surface area contributed by atoms with Crippen LogP contribution in [0.15, 0.2) is 22.7 Å². The van der Waals surface area contributed by atoms with Gasteiger partial charge in [0, 0.05) is 6.54 Å². The first-order valence-corrected chi connectivity index (χ1v) is 6.19. The fraction of sp³-hybridized carbons (Fsp3) is 0.417. The summed E-state index contributed by atoms with van der Waals surface area (Å²) in [4.78, 5) is 11.2. The van der Waals surface area contributed by atoms with Gasteiger partial charge in [0.25, 0.3) is 0 Å². The zero-order chi connectivity index (χ0) is 12.8. The highest BCUT2D eigenvalue weighted by atomic mass is 79.9. The third kappa shape index (κ3) is 4.36. The van der Waals surface area contributed by atoms with Crippen LogP contribution >= 0.6 is 15.9 Å². The zero-order valence-corrected chi connectivity index (χ0v) is 11.6. The van der Waals surface area contributed by atoms with Gasteiger partial charge in [-0.05, 0) is 47.0 Å². The van der Waals surface area contributed by atoms with Crippen molar-refractivity contribution in [3.63, 3.8) is 0 Å². The van der Waals surface area contributed by atoms with Crippen molar-refractivity contribution < 1.29 is 9.53 Å². The molecule has 0 bridgehead atoms. The average Bonchev–Trinajstić information content (AvgIpc) is 2.29. The van der Waals surface area contributed by atoms with Gasteiger partial charge in [0.05, 0.1) is 17.6 Å². The summed E-state index contributed by atoms with van der Waals surface area (Å²) in [5.41, 5.74) is 6.57. The van der Waals surface area contributed by atoms with Gasteiger partial charge in [0.1, 0.15) is 5.75 Å². The number of carbonyl (C=O) groups excluding carboxylic acids is 1. The van der Waals surface area contributed by atoms with Crippen molar-refractivity contribution in [1.29, 1.82) is 0 Å². The van der Waals surface area contributed by atoms with E-state index in [9.17, 15) is 4.79 Å². The molecule has 0 saturated heterocycles. The smallest absolute Gasteiger partial charge is 0.236 e. The normalized spacial score (nSPS) is 12.0. The monoisotopic (exact) mass is 300 g/mol. The summed E-state index contributed by atoms with van der Waals surface area (Å²) in [5.74, 6) is 0.672. The number of halogens is 1. The van der Waals surface area contributed by atoms with Crippen molar-refractivity contribution in [2.45, 2.75) is 19.4 Å². The van der Waals surface area contributed by atoms with E-state index in [1.807, 2.05) is 18.2 Å². The maximum atomic E-state index is 11.2. The van der Waals surface area contributed by atoms with Crippen molar-refractivity contribution >= 4 is 21.8 Å². The topological polar surface area (TPSA) is 64.3 Å². The van der Waals surface area contributed by atoms with E-state index in [0.717, 1.165) is 22.2 Å². The number of nitrogens with two attached hydrogens (primary N) is 1. The van der Waals surface area contributed by atoms with Crippen LogP contribution in [0.3, 0.4) is 0 Å². The van der Waals surface area contributed by atoms with Crippen molar-refractivity contribution in [3.05, 3.63) is 28.2 Å². The van der Waals surface area contributed by atoms with E-state index in [0.29, 0.717) is 6.54 Å². The van der Waals surface area contributed by atoms with Gasteiger partial charge < -0.3 is 15.8 Å². The third-order valence-corrected chi connectivity index (χ3v) is 2.96. The molecule has 0 radical (unpaired) electrons. The van der Waals surface area contributed by atoms with Gasteiger partial charge in [-0.15, -0.1) is 0 Å². The van der Waals surface area contributed by atoms with Crippen LogP contribution in [0.25, 0.3) is 0 Å². The lowest BCUT2D eigenvalue weighted by atomic mass is 10.1. The molecule has 0 heterocycles. The second-order valence-corrected chi connectivity index (χ2v) is 4.65. The molecular weight excluding hydrogens is 284 g/mol.